The lowest BCUT2D eigenvalue weighted by Crippen LogP contribution is -2.52. The molecule has 1 saturated carbocycles. The largest absolute Gasteiger partial charge is 0.379 e. The number of carbonyl (C=O) groups excluding carboxylic acids is 1. The molecule has 0 aromatic heterocycles. The van der Waals surface area contributed by atoms with Gasteiger partial charge in [0.2, 0.25) is 5.91 Å². The van der Waals surface area contributed by atoms with Crippen molar-refractivity contribution in [1.29, 1.82) is 0 Å². The number of piperidine rings is 1. The molecule has 3 fully saturated rings. The van der Waals surface area contributed by atoms with Gasteiger partial charge in [0, 0.05) is 31.7 Å². The zero-order chi connectivity index (χ0) is 19.2. The van der Waals surface area contributed by atoms with Gasteiger partial charge in [-0.3, -0.25) is 4.79 Å². The van der Waals surface area contributed by atoms with Crippen molar-refractivity contribution in [2.75, 3.05) is 39.4 Å². The molecule has 0 bridgehead atoms. The van der Waals surface area contributed by atoms with E-state index in [1.165, 1.54) is 24.8 Å². The monoisotopic (exact) mass is 385 g/mol. The van der Waals surface area contributed by atoms with Crippen molar-refractivity contribution in [2.45, 2.75) is 50.6 Å². The van der Waals surface area contributed by atoms with Crippen molar-refractivity contribution in [3.63, 3.8) is 0 Å². The molecule has 154 valence electrons. The summed E-state index contributed by atoms with van der Waals surface area (Å²) in [4.78, 5) is 14.8. The number of hydrogen-bond donors (Lipinski definition) is 2. The fraction of sp³-hybridized carbons (Fsp3) is 0.696. The second kappa shape index (κ2) is 9.86. The van der Waals surface area contributed by atoms with E-state index < -0.39 is 0 Å². The Labute approximate surface area is 169 Å². The zero-order valence-corrected chi connectivity index (χ0v) is 16.9. The van der Waals surface area contributed by atoms with E-state index in [1.807, 2.05) is 0 Å². The van der Waals surface area contributed by atoms with Crippen LogP contribution in [0.4, 0.5) is 0 Å². The van der Waals surface area contributed by atoms with Crippen LogP contribution >= 0.6 is 0 Å². The van der Waals surface area contributed by atoms with Crippen LogP contribution in [0.2, 0.25) is 0 Å². The van der Waals surface area contributed by atoms with Crippen LogP contribution in [0.1, 0.15) is 37.7 Å². The number of morpholine rings is 1. The molecule has 1 aromatic carbocycles. The molecule has 1 amide bonds. The number of likely N-dealkylation sites (tertiary alicyclic amines) is 1. The number of rotatable bonds is 6. The van der Waals surface area contributed by atoms with Gasteiger partial charge in [0.05, 0.1) is 19.8 Å². The number of carbonyl (C=O) groups is 1. The van der Waals surface area contributed by atoms with E-state index in [4.69, 9.17) is 4.74 Å². The van der Waals surface area contributed by atoms with Gasteiger partial charge in [-0.15, -0.1) is 0 Å². The average Bonchev–Trinajstić information content (AvgIpc) is 3.23. The van der Waals surface area contributed by atoms with E-state index in [2.05, 4.69) is 45.9 Å². The van der Waals surface area contributed by atoms with Crippen LogP contribution < -0.4 is 10.6 Å². The first-order chi connectivity index (χ1) is 13.8. The second-order valence-electron chi connectivity index (χ2n) is 8.73. The third-order valence-electron chi connectivity index (χ3n) is 6.89. The van der Waals surface area contributed by atoms with Crippen molar-refractivity contribution in [3.8, 4) is 0 Å². The summed E-state index contributed by atoms with van der Waals surface area (Å²) >= 11 is 0. The summed E-state index contributed by atoms with van der Waals surface area (Å²) in [5.74, 6) is 1.57. The predicted octanol–water partition coefficient (Wildman–Crippen LogP) is 2.21. The van der Waals surface area contributed by atoms with E-state index in [-0.39, 0.29) is 5.91 Å². The Morgan fingerprint density at radius 2 is 1.96 bits per heavy atom. The molecule has 5 nitrogen and oxygen atoms in total. The van der Waals surface area contributed by atoms with Crippen LogP contribution in [0.15, 0.2) is 30.3 Å². The SMILES string of the molecule is O=C(CNC1CCCC1C1COCCN1)N1CCC(Cc2ccccc2)CC1. The Bertz CT molecular complexity index is 610. The van der Waals surface area contributed by atoms with Gasteiger partial charge < -0.3 is 20.3 Å². The Morgan fingerprint density at radius 1 is 1.14 bits per heavy atom. The molecule has 5 heteroatoms. The van der Waals surface area contributed by atoms with Crippen LogP contribution in [0.3, 0.4) is 0 Å². The Hall–Kier alpha value is -1.43. The van der Waals surface area contributed by atoms with Crippen LogP contribution in [0.5, 0.6) is 0 Å². The number of nitrogens with one attached hydrogen (secondary N) is 2. The normalized spacial score (nSPS) is 29.1. The topological polar surface area (TPSA) is 53.6 Å². The first-order valence-corrected chi connectivity index (χ1v) is 11.2. The lowest BCUT2D eigenvalue weighted by Gasteiger charge is -2.34. The molecular formula is C23H35N3O2. The van der Waals surface area contributed by atoms with Crippen molar-refractivity contribution in [2.24, 2.45) is 11.8 Å². The van der Waals surface area contributed by atoms with Gasteiger partial charge in [-0.25, -0.2) is 0 Å². The maximum atomic E-state index is 12.7. The zero-order valence-electron chi connectivity index (χ0n) is 16.9. The highest BCUT2D eigenvalue weighted by Crippen LogP contribution is 2.29. The van der Waals surface area contributed by atoms with Crippen molar-refractivity contribution in [1.82, 2.24) is 15.5 Å². The van der Waals surface area contributed by atoms with Crippen molar-refractivity contribution in [3.05, 3.63) is 35.9 Å². The molecular weight excluding hydrogens is 350 g/mol. The van der Waals surface area contributed by atoms with E-state index in [9.17, 15) is 4.79 Å². The minimum absolute atomic E-state index is 0.275. The van der Waals surface area contributed by atoms with Crippen molar-refractivity contribution < 1.29 is 9.53 Å². The molecule has 1 aliphatic carbocycles. The van der Waals surface area contributed by atoms with Crippen LogP contribution in [-0.4, -0.2) is 62.3 Å². The molecule has 3 unspecified atom stereocenters. The van der Waals surface area contributed by atoms with E-state index in [0.29, 0.717) is 30.5 Å². The Balaban J connectivity index is 1.19. The van der Waals surface area contributed by atoms with E-state index >= 15 is 0 Å². The molecule has 2 saturated heterocycles. The maximum Gasteiger partial charge on any atom is 0.236 e. The first kappa shape index (κ1) is 19.9. The summed E-state index contributed by atoms with van der Waals surface area (Å²) in [5, 5.41) is 7.20. The Morgan fingerprint density at radius 3 is 2.71 bits per heavy atom. The molecule has 1 aromatic rings. The number of nitrogens with zero attached hydrogens (tertiary/aromatic N) is 1. The van der Waals surface area contributed by atoms with Crippen molar-refractivity contribution >= 4 is 5.91 Å². The molecule has 0 radical (unpaired) electrons. The molecule has 4 rings (SSSR count). The minimum Gasteiger partial charge on any atom is -0.379 e. The summed E-state index contributed by atoms with van der Waals surface area (Å²) in [7, 11) is 0. The lowest BCUT2D eigenvalue weighted by molar-refractivity contribution is -0.131. The van der Waals surface area contributed by atoms with Gasteiger partial charge >= 0.3 is 0 Å². The van der Waals surface area contributed by atoms with Gasteiger partial charge in [0.25, 0.3) is 0 Å². The molecule has 28 heavy (non-hydrogen) atoms. The first-order valence-electron chi connectivity index (χ1n) is 11.2. The summed E-state index contributed by atoms with van der Waals surface area (Å²) < 4.78 is 5.65. The van der Waals surface area contributed by atoms with Crippen LogP contribution in [0, 0.1) is 11.8 Å². The summed E-state index contributed by atoms with van der Waals surface area (Å²) in [6.45, 7) is 4.88. The fourth-order valence-electron chi connectivity index (χ4n) is 5.25. The maximum absolute atomic E-state index is 12.7. The number of hydrogen-bond acceptors (Lipinski definition) is 4. The van der Waals surface area contributed by atoms with Gasteiger partial charge in [-0.05, 0) is 49.5 Å². The molecule has 2 N–H and O–H groups in total. The highest BCUT2D eigenvalue weighted by molar-refractivity contribution is 5.78. The number of benzene rings is 1. The quantitative estimate of drug-likeness (QED) is 0.788. The highest BCUT2D eigenvalue weighted by atomic mass is 16.5. The third kappa shape index (κ3) is 5.13. The summed E-state index contributed by atoms with van der Waals surface area (Å²) in [6, 6.07) is 11.6. The fourth-order valence-corrected chi connectivity index (χ4v) is 5.25. The molecule has 2 aliphatic heterocycles. The molecule has 0 spiro atoms. The standard InChI is InChI=1S/C23H35N3O2/c27-23(16-25-21-8-4-7-20(21)22-17-28-14-11-24-22)26-12-9-19(10-13-26)15-18-5-2-1-3-6-18/h1-3,5-6,19-22,24-25H,4,7-17H2. The molecule has 2 heterocycles. The smallest absolute Gasteiger partial charge is 0.236 e. The van der Waals surface area contributed by atoms with Gasteiger partial charge in [-0.1, -0.05) is 36.8 Å². The molecule has 3 aliphatic rings. The molecule has 3 atom stereocenters. The number of ether oxygens (including phenoxy) is 1. The van der Waals surface area contributed by atoms with Crippen LogP contribution in [-0.2, 0) is 16.0 Å². The van der Waals surface area contributed by atoms with E-state index in [1.54, 1.807) is 0 Å². The Kier molecular flexibility index (Phi) is 7.00. The minimum atomic E-state index is 0.275. The van der Waals surface area contributed by atoms with Gasteiger partial charge in [-0.2, -0.15) is 0 Å². The average molecular weight is 386 g/mol. The number of amides is 1. The van der Waals surface area contributed by atoms with Gasteiger partial charge in [0.15, 0.2) is 0 Å². The predicted molar refractivity (Wildman–Crippen MR) is 111 cm³/mol. The highest BCUT2D eigenvalue weighted by Gasteiger charge is 2.35. The van der Waals surface area contributed by atoms with E-state index in [0.717, 1.165) is 52.1 Å². The second-order valence-corrected chi connectivity index (χ2v) is 8.73. The van der Waals surface area contributed by atoms with Gasteiger partial charge in [0.1, 0.15) is 0 Å². The van der Waals surface area contributed by atoms with Crippen LogP contribution in [0.25, 0.3) is 0 Å². The summed E-state index contributed by atoms with van der Waals surface area (Å²) in [5.41, 5.74) is 1.42. The third-order valence-corrected chi connectivity index (χ3v) is 6.89. The summed E-state index contributed by atoms with van der Waals surface area (Å²) in [6.07, 6.45) is 7.04. The lowest BCUT2D eigenvalue weighted by atomic mass is 9.90.